The van der Waals surface area contributed by atoms with Crippen molar-refractivity contribution in [2.75, 3.05) is 23.3 Å². The van der Waals surface area contributed by atoms with Crippen molar-refractivity contribution < 1.29 is 26.4 Å². The summed E-state index contributed by atoms with van der Waals surface area (Å²) in [4.78, 5) is 13.2. The first kappa shape index (κ1) is 25.4. The number of aromatic nitrogens is 3. The number of anilines is 2. The number of piperidine rings is 1. The Morgan fingerprint density at radius 2 is 1.68 bits per heavy atom. The highest BCUT2D eigenvalue weighted by atomic mass is 19.4. The SMILES string of the molecule is Fc1ccc(-c2cnc(N[C@@H]3CCCC[C@H]3N[C@H]3CCCN(c4cnc(C(F)(F)F)nc4)C3)o2)c(F)c1. The molecule has 0 unspecified atom stereocenters. The lowest BCUT2D eigenvalue weighted by Crippen LogP contribution is -2.55. The molecule has 1 aliphatic heterocycles. The Kier molecular flexibility index (Phi) is 7.27. The van der Waals surface area contributed by atoms with Crippen LogP contribution in [-0.4, -0.2) is 46.2 Å². The molecule has 2 N–H and O–H groups in total. The third-order valence-corrected chi connectivity index (χ3v) is 6.91. The van der Waals surface area contributed by atoms with Crippen molar-refractivity contribution in [2.24, 2.45) is 0 Å². The van der Waals surface area contributed by atoms with Gasteiger partial charge in [0.15, 0.2) is 5.76 Å². The maximum absolute atomic E-state index is 14.1. The molecule has 0 bridgehead atoms. The van der Waals surface area contributed by atoms with Crippen LogP contribution in [0.5, 0.6) is 0 Å². The summed E-state index contributed by atoms with van der Waals surface area (Å²) in [5, 5.41) is 7.05. The predicted octanol–water partition coefficient (Wildman–Crippen LogP) is 5.41. The molecule has 2 fully saturated rings. The van der Waals surface area contributed by atoms with Crippen LogP contribution in [0.3, 0.4) is 0 Å². The van der Waals surface area contributed by atoms with Crippen molar-refractivity contribution in [1.82, 2.24) is 20.3 Å². The lowest BCUT2D eigenvalue weighted by Gasteiger charge is -2.40. The zero-order chi connectivity index (χ0) is 26.0. The lowest BCUT2D eigenvalue weighted by molar-refractivity contribution is -0.144. The van der Waals surface area contributed by atoms with E-state index in [1.54, 1.807) is 0 Å². The fourth-order valence-corrected chi connectivity index (χ4v) is 5.10. The van der Waals surface area contributed by atoms with Crippen LogP contribution in [0.1, 0.15) is 44.3 Å². The molecule has 1 saturated carbocycles. The summed E-state index contributed by atoms with van der Waals surface area (Å²) in [5.74, 6) is -2.32. The third kappa shape index (κ3) is 6.00. The van der Waals surface area contributed by atoms with Crippen molar-refractivity contribution in [3.63, 3.8) is 0 Å². The van der Waals surface area contributed by atoms with E-state index in [0.717, 1.165) is 51.1 Å². The van der Waals surface area contributed by atoms with Crippen LogP contribution in [0.25, 0.3) is 11.3 Å². The topological polar surface area (TPSA) is 79.1 Å². The average molecular weight is 523 g/mol. The van der Waals surface area contributed by atoms with Gasteiger partial charge in [0.1, 0.15) is 11.6 Å². The molecule has 3 heterocycles. The van der Waals surface area contributed by atoms with Gasteiger partial charge in [-0.15, -0.1) is 0 Å². The first-order valence-electron chi connectivity index (χ1n) is 12.3. The highest BCUT2D eigenvalue weighted by Gasteiger charge is 2.35. The van der Waals surface area contributed by atoms with E-state index in [4.69, 9.17) is 4.42 Å². The van der Waals surface area contributed by atoms with E-state index < -0.39 is 23.6 Å². The van der Waals surface area contributed by atoms with Gasteiger partial charge < -0.3 is 20.0 Å². The number of halogens is 5. The van der Waals surface area contributed by atoms with E-state index in [0.29, 0.717) is 12.2 Å². The van der Waals surface area contributed by atoms with E-state index in [9.17, 15) is 22.0 Å². The Morgan fingerprint density at radius 3 is 2.41 bits per heavy atom. The first-order valence-corrected chi connectivity index (χ1v) is 12.3. The molecule has 3 aromatic rings. The van der Waals surface area contributed by atoms with Gasteiger partial charge in [0.05, 0.1) is 29.8 Å². The van der Waals surface area contributed by atoms with Crippen molar-refractivity contribution in [3.8, 4) is 11.3 Å². The van der Waals surface area contributed by atoms with E-state index >= 15 is 0 Å². The van der Waals surface area contributed by atoms with Gasteiger partial charge in [0, 0.05) is 37.3 Å². The molecule has 198 valence electrons. The fraction of sp³-hybridized carbons (Fsp3) is 0.480. The van der Waals surface area contributed by atoms with Crippen LogP contribution in [0.2, 0.25) is 0 Å². The summed E-state index contributed by atoms with van der Waals surface area (Å²) >= 11 is 0. The number of oxazole rings is 1. The number of alkyl halides is 3. The van der Waals surface area contributed by atoms with Gasteiger partial charge in [0.25, 0.3) is 6.01 Å². The molecule has 2 aliphatic rings. The zero-order valence-electron chi connectivity index (χ0n) is 19.9. The van der Waals surface area contributed by atoms with Crippen LogP contribution >= 0.6 is 0 Å². The summed E-state index contributed by atoms with van der Waals surface area (Å²) in [6.45, 7) is 1.35. The van der Waals surface area contributed by atoms with E-state index in [-0.39, 0.29) is 35.5 Å². The second-order valence-electron chi connectivity index (χ2n) is 9.51. The van der Waals surface area contributed by atoms with Gasteiger partial charge >= 0.3 is 6.18 Å². The van der Waals surface area contributed by atoms with Crippen molar-refractivity contribution in [2.45, 2.75) is 62.8 Å². The summed E-state index contributed by atoms with van der Waals surface area (Å²) in [7, 11) is 0. The van der Waals surface area contributed by atoms with Crippen LogP contribution in [0, 0.1) is 11.6 Å². The number of benzene rings is 1. The average Bonchev–Trinajstić information content (AvgIpc) is 3.33. The minimum absolute atomic E-state index is 0.0306. The van der Waals surface area contributed by atoms with E-state index in [1.807, 2.05) is 4.90 Å². The summed E-state index contributed by atoms with van der Waals surface area (Å²) in [6, 6.07) is 3.84. The van der Waals surface area contributed by atoms with E-state index in [1.165, 1.54) is 30.7 Å². The second kappa shape index (κ2) is 10.6. The summed E-state index contributed by atoms with van der Waals surface area (Å²) in [5.41, 5.74) is 0.702. The third-order valence-electron chi connectivity index (χ3n) is 6.91. The molecular formula is C25H27F5N6O. The van der Waals surface area contributed by atoms with Gasteiger partial charge in [0.2, 0.25) is 5.82 Å². The van der Waals surface area contributed by atoms with Gasteiger partial charge in [-0.2, -0.15) is 13.2 Å². The smallest absolute Gasteiger partial charge is 0.423 e. The van der Waals surface area contributed by atoms with Crippen LogP contribution in [0.15, 0.2) is 41.2 Å². The molecule has 37 heavy (non-hydrogen) atoms. The van der Waals surface area contributed by atoms with Crippen LogP contribution in [-0.2, 0) is 6.18 Å². The molecular weight excluding hydrogens is 495 g/mol. The van der Waals surface area contributed by atoms with E-state index in [2.05, 4.69) is 25.6 Å². The highest BCUT2D eigenvalue weighted by Crippen LogP contribution is 2.30. The minimum Gasteiger partial charge on any atom is -0.423 e. The number of hydrogen-bond acceptors (Lipinski definition) is 7. The van der Waals surface area contributed by atoms with Crippen LogP contribution < -0.4 is 15.5 Å². The molecule has 12 heteroatoms. The van der Waals surface area contributed by atoms with Crippen molar-refractivity contribution in [3.05, 3.63) is 54.2 Å². The summed E-state index contributed by atoms with van der Waals surface area (Å²) < 4.78 is 71.5. The number of hydrogen-bond donors (Lipinski definition) is 2. The number of rotatable bonds is 6. The monoisotopic (exact) mass is 522 g/mol. The van der Waals surface area contributed by atoms with Gasteiger partial charge in [-0.3, -0.25) is 0 Å². The van der Waals surface area contributed by atoms with Crippen molar-refractivity contribution >= 4 is 11.7 Å². The van der Waals surface area contributed by atoms with Gasteiger partial charge in [-0.1, -0.05) is 12.8 Å². The Labute approximate surface area is 210 Å². The maximum atomic E-state index is 14.1. The van der Waals surface area contributed by atoms with Gasteiger partial charge in [-0.05, 0) is 37.8 Å². The Hall–Kier alpha value is -3.28. The van der Waals surface area contributed by atoms with Gasteiger partial charge in [-0.25, -0.2) is 23.7 Å². The maximum Gasteiger partial charge on any atom is 0.451 e. The molecule has 2 aromatic heterocycles. The minimum atomic E-state index is -4.57. The number of nitrogens with zero attached hydrogens (tertiary/aromatic N) is 4. The normalized spacial score (nSPS) is 22.7. The second-order valence-corrected chi connectivity index (χ2v) is 9.51. The molecule has 5 rings (SSSR count). The Balaban J connectivity index is 1.22. The number of nitrogens with one attached hydrogen (secondary N) is 2. The lowest BCUT2D eigenvalue weighted by atomic mass is 9.89. The molecule has 1 aliphatic carbocycles. The molecule has 0 amide bonds. The predicted molar refractivity (Wildman–Crippen MR) is 127 cm³/mol. The Bertz CT molecular complexity index is 1200. The molecule has 3 atom stereocenters. The summed E-state index contributed by atoms with van der Waals surface area (Å²) in [6.07, 6.45) is 5.07. The molecule has 0 radical (unpaired) electrons. The van der Waals surface area contributed by atoms with Crippen LogP contribution in [0.4, 0.5) is 33.7 Å². The molecule has 1 aromatic carbocycles. The molecule has 0 spiro atoms. The standard InChI is InChI=1S/C25H27F5N6O/c26-15-7-8-18(19(27)10-15)22-13-33-24(37-22)35-21-6-2-1-5-20(21)34-16-4-3-9-36(14-16)17-11-31-23(32-12-17)25(28,29)30/h7-8,10-13,16,20-21,34H,1-6,9,14H2,(H,33,35)/t16-,20+,21+/m0/s1. The quantitative estimate of drug-likeness (QED) is 0.419. The fourth-order valence-electron chi connectivity index (χ4n) is 5.10. The Morgan fingerprint density at radius 1 is 0.919 bits per heavy atom. The molecule has 7 nitrogen and oxygen atoms in total. The highest BCUT2D eigenvalue weighted by molar-refractivity contribution is 5.58. The zero-order valence-corrected chi connectivity index (χ0v) is 19.9. The van der Waals surface area contributed by atoms with Crippen molar-refractivity contribution in [1.29, 1.82) is 0 Å². The largest absolute Gasteiger partial charge is 0.451 e. The molecule has 1 saturated heterocycles. The first-order chi connectivity index (χ1) is 17.8.